The number of hydrogen-bond donors (Lipinski definition) is 0. The van der Waals surface area contributed by atoms with E-state index in [1.807, 2.05) is 0 Å². The predicted octanol–water partition coefficient (Wildman–Crippen LogP) is 3.61. The van der Waals surface area contributed by atoms with Crippen LogP contribution in [0.3, 0.4) is 0 Å². The second kappa shape index (κ2) is 6.04. The third kappa shape index (κ3) is 2.48. The van der Waals surface area contributed by atoms with Crippen LogP contribution in [-0.2, 0) is 15.4 Å². The van der Waals surface area contributed by atoms with Gasteiger partial charge < -0.3 is 0 Å². The molecule has 2 bridgehead atoms. The number of hydrogen-bond acceptors (Lipinski definition) is 4. The molecular weight excluding hydrogens is 396 g/mol. The summed E-state index contributed by atoms with van der Waals surface area (Å²) in [5.74, 6) is -0.984. The van der Waals surface area contributed by atoms with Gasteiger partial charge in [-0.05, 0) is 54.4 Å². The third-order valence-corrected chi connectivity index (χ3v) is 9.39. The van der Waals surface area contributed by atoms with E-state index in [1.54, 1.807) is 10.4 Å². The van der Waals surface area contributed by atoms with E-state index in [0.717, 1.165) is 24.1 Å². The van der Waals surface area contributed by atoms with Crippen molar-refractivity contribution in [2.75, 3.05) is 18.8 Å². The van der Waals surface area contributed by atoms with E-state index in [0.29, 0.717) is 19.5 Å². The molecule has 1 saturated carbocycles. The molecule has 2 heterocycles. The molecule has 8 heteroatoms. The molecule has 5 rings (SSSR count). The molecule has 2 aliphatic carbocycles. The first kappa shape index (κ1) is 19.1. The van der Waals surface area contributed by atoms with Gasteiger partial charge in [0.15, 0.2) is 0 Å². The Morgan fingerprint density at radius 3 is 2.59 bits per heavy atom. The van der Waals surface area contributed by atoms with Crippen LogP contribution >= 0.6 is 0 Å². The van der Waals surface area contributed by atoms with E-state index in [4.69, 9.17) is 0 Å². The fourth-order valence-electron chi connectivity index (χ4n) is 5.81. The average molecular weight is 419 g/mol. The van der Waals surface area contributed by atoms with Crippen molar-refractivity contribution in [2.45, 2.75) is 44.4 Å². The average Bonchev–Trinajstić information content (AvgIpc) is 3.17. The molecule has 0 radical (unpaired) electrons. The first-order valence-electron chi connectivity index (χ1n) is 9.98. The number of rotatable bonds is 3. The SMILES string of the molecule is CC1(C)[C@H]2CC[C@]1(CN1CCCS1(=O)=O)c1nnc(-c3c(F)cccc3F)cc12. The molecule has 2 aromatic rings. The van der Waals surface area contributed by atoms with Gasteiger partial charge in [0.05, 0.1) is 22.7 Å². The first-order valence-corrected chi connectivity index (χ1v) is 11.6. The smallest absolute Gasteiger partial charge is 0.212 e. The molecule has 0 unspecified atom stereocenters. The maximum Gasteiger partial charge on any atom is 0.214 e. The highest BCUT2D eigenvalue weighted by Crippen LogP contribution is 2.67. The molecule has 29 heavy (non-hydrogen) atoms. The summed E-state index contributed by atoms with van der Waals surface area (Å²) in [5, 5.41) is 8.64. The molecule has 1 saturated heterocycles. The molecule has 154 valence electrons. The van der Waals surface area contributed by atoms with Crippen molar-refractivity contribution >= 4 is 10.0 Å². The molecule has 1 aromatic carbocycles. The highest BCUT2D eigenvalue weighted by atomic mass is 32.2. The van der Waals surface area contributed by atoms with Gasteiger partial charge in [0.2, 0.25) is 10.0 Å². The van der Waals surface area contributed by atoms with Gasteiger partial charge in [0.25, 0.3) is 0 Å². The summed E-state index contributed by atoms with van der Waals surface area (Å²) in [7, 11) is -3.23. The Hall–Kier alpha value is -1.93. The van der Waals surface area contributed by atoms with Gasteiger partial charge in [-0.25, -0.2) is 21.5 Å². The van der Waals surface area contributed by atoms with Gasteiger partial charge >= 0.3 is 0 Å². The lowest BCUT2D eigenvalue weighted by molar-refractivity contribution is 0.171. The van der Waals surface area contributed by atoms with Gasteiger partial charge in [-0.15, -0.1) is 0 Å². The summed E-state index contributed by atoms with van der Waals surface area (Å²) >= 11 is 0. The summed E-state index contributed by atoms with van der Waals surface area (Å²) in [5.41, 5.74) is 1.12. The zero-order valence-electron chi connectivity index (χ0n) is 16.5. The Bertz CT molecular complexity index is 1100. The van der Waals surface area contributed by atoms with Crippen LogP contribution in [0.1, 0.15) is 50.3 Å². The van der Waals surface area contributed by atoms with Crippen molar-refractivity contribution in [3.05, 3.63) is 47.2 Å². The molecule has 3 aliphatic rings. The fourth-order valence-corrected chi connectivity index (χ4v) is 7.39. The molecule has 0 amide bonds. The number of aromatic nitrogens is 2. The minimum Gasteiger partial charge on any atom is -0.212 e. The normalized spacial score (nSPS) is 29.3. The van der Waals surface area contributed by atoms with Crippen molar-refractivity contribution in [3.63, 3.8) is 0 Å². The molecule has 1 aromatic heterocycles. The van der Waals surface area contributed by atoms with Crippen molar-refractivity contribution in [2.24, 2.45) is 5.41 Å². The number of nitrogens with zero attached hydrogens (tertiary/aromatic N) is 3. The Morgan fingerprint density at radius 1 is 1.21 bits per heavy atom. The van der Waals surface area contributed by atoms with Crippen LogP contribution in [0.2, 0.25) is 0 Å². The molecule has 2 atom stereocenters. The number of halogens is 2. The third-order valence-electron chi connectivity index (χ3n) is 7.48. The number of fused-ring (bicyclic) bond motifs is 5. The van der Waals surface area contributed by atoms with E-state index in [1.165, 1.54) is 18.2 Å². The summed E-state index contributed by atoms with van der Waals surface area (Å²) in [4.78, 5) is 0. The van der Waals surface area contributed by atoms with Crippen LogP contribution in [0, 0.1) is 17.0 Å². The highest BCUT2D eigenvalue weighted by molar-refractivity contribution is 7.89. The first-order chi connectivity index (χ1) is 13.7. The summed E-state index contributed by atoms with van der Waals surface area (Å²) in [6.07, 6.45) is 2.39. The zero-order chi connectivity index (χ0) is 20.6. The Morgan fingerprint density at radius 2 is 1.93 bits per heavy atom. The Labute approximate surface area is 169 Å². The van der Waals surface area contributed by atoms with Gasteiger partial charge in [-0.2, -0.15) is 10.2 Å². The van der Waals surface area contributed by atoms with Crippen LogP contribution in [-0.4, -0.2) is 41.8 Å². The fraction of sp³-hybridized carbons (Fsp3) is 0.524. The number of benzene rings is 1. The lowest BCUT2D eigenvalue weighted by atomic mass is 9.68. The van der Waals surface area contributed by atoms with Crippen LogP contribution < -0.4 is 0 Å². The monoisotopic (exact) mass is 419 g/mol. The van der Waals surface area contributed by atoms with E-state index < -0.39 is 27.1 Å². The van der Waals surface area contributed by atoms with Gasteiger partial charge in [-0.1, -0.05) is 19.9 Å². The topological polar surface area (TPSA) is 63.2 Å². The van der Waals surface area contributed by atoms with Crippen molar-refractivity contribution in [1.82, 2.24) is 14.5 Å². The molecule has 0 spiro atoms. The van der Waals surface area contributed by atoms with Gasteiger partial charge in [0, 0.05) is 18.5 Å². The molecule has 2 fully saturated rings. The van der Waals surface area contributed by atoms with Gasteiger partial charge in [-0.3, -0.25) is 0 Å². The van der Waals surface area contributed by atoms with E-state index in [9.17, 15) is 17.2 Å². The van der Waals surface area contributed by atoms with Crippen molar-refractivity contribution < 1.29 is 17.2 Å². The van der Waals surface area contributed by atoms with Crippen LogP contribution in [0.15, 0.2) is 24.3 Å². The number of sulfonamides is 1. The molecule has 5 nitrogen and oxygen atoms in total. The largest absolute Gasteiger partial charge is 0.214 e. The lowest BCUT2D eigenvalue weighted by Gasteiger charge is -2.40. The van der Waals surface area contributed by atoms with E-state index >= 15 is 0 Å². The quantitative estimate of drug-likeness (QED) is 0.763. The zero-order valence-corrected chi connectivity index (χ0v) is 17.3. The standard InChI is InChI=1S/C21H23F2N3O2S/c1-20(2)14-7-8-21(20,12-26-9-4-10-29(26,27)28)19-13(14)11-17(24-25-19)18-15(22)5-3-6-16(18)23/h3,5-6,11,14H,4,7-10,12H2,1-2H3/t14-,21-/m0/s1. The van der Waals surface area contributed by atoms with Crippen molar-refractivity contribution in [3.8, 4) is 11.3 Å². The van der Waals surface area contributed by atoms with Gasteiger partial charge in [0.1, 0.15) is 11.6 Å². The Kier molecular flexibility index (Phi) is 3.97. The summed E-state index contributed by atoms with van der Waals surface area (Å²) in [6, 6.07) is 5.51. The maximum absolute atomic E-state index is 14.3. The molecular formula is C21H23F2N3O2S. The minimum absolute atomic E-state index is 0.159. The van der Waals surface area contributed by atoms with E-state index in [2.05, 4.69) is 24.0 Å². The summed E-state index contributed by atoms with van der Waals surface area (Å²) in [6.45, 7) is 5.23. The maximum atomic E-state index is 14.3. The lowest BCUT2D eigenvalue weighted by Crippen LogP contribution is -2.47. The predicted molar refractivity (Wildman–Crippen MR) is 105 cm³/mol. The molecule has 1 aliphatic heterocycles. The second-order valence-corrected chi connectivity index (χ2v) is 11.1. The van der Waals surface area contributed by atoms with Crippen LogP contribution in [0.4, 0.5) is 8.78 Å². The summed E-state index contributed by atoms with van der Waals surface area (Å²) < 4.78 is 55.1. The minimum atomic E-state index is -3.23. The highest BCUT2D eigenvalue weighted by Gasteiger charge is 2.64. The van der Waals surface area contributed by atoms with E-state index in [-0.39, 0.29) is 28.3 Å². The Balaban J connectivity index is 1.63. The molecule has 0 N–H and O–H groups in total. The van der Waals surface area contributed by atoms with Crippen molar-refractivity contribution in [1.29, 1.82) is 0 Å². The van der Waals surface area contributed by atoms with Crippen LogP contribution in [0.25, 0.3) is 11.3 Å². The van der Waals surface area contributed by atoms with Crippen LogP contribution in [0.5, 0.6) is 0 Å². The second-order valence-electron chi connectivity index (χ2n) is 9.03.